The van der Waals surface area contributed by atoms with Gasteiger partial charge in [0.25, 0.3) is 0 Å². The van der Waals surface area contributed by atoms with Crippen LogP contribution < -0.4 is 10.7 Å². The molecule has 38 valence electrons. The fraction of sp³-hybridized carbons (Fsp3) is 1.00. The van der Waals surface area contributed by atoms with Crippen LogP contribution in [0.15, 0.2) is 0 Å². The molecule has 0 aromatic heterocycles. The number of hydrogen-bond donors (Lipinski definition) is 2. The van der Waals surface area contributed by atoms with Gasteiger partial charge >= 0.3 is 0 Å². The van der Waals surface area contributed by atoms with Gasteiger partial charge in [-0.15, -0.1) is 0 Å². The van der Waals surface area contributed by atoms with Gasteiger partial charge in [-0.25, -0.2) is 0 Å². The minimum absolute atomic E-state index is 0.525. The summed E-state index contributed by atoms with van der Waals surface area (Å²) in [5.74, 6) is 0. The molecule has 1 unspecified atom stereocenters. The predicted octanol–water partition coefficient (Wildman–Crippen LogP) is -1.80. The first-order chi connectivity index (χ1) is 2.81. The molecule has 3 heteroatoms. The molecule has 0 saturated heterocycles. The van der Waals surface area contributed by atoms with Crippen molar-refractivity contribution in [1.82, 2.24) is 4.98 Å². The van der Waals surface area contributed by atoms with E-state index in [1.807, 2.05) is 0 Å². The lowest BCUT2D eigenvalue weighted by molar-refractivity contribution is 0.695. The van der Waals surface area contributed by atoms with Crippen molar-refractivity contribution < 1.29 is 0 Å². The van der Waals surface area contributed by atoms with Gasteiger partial charge < -0.3 is 10.7 Å². The Bertz CT molecular complexity index is 28.0. The Morgan fingerprint density at radius 1 is 2.00 bits per heavy atom. The molecular weight excluding hydrogens is 92.1 g/mol. The smallest absolute Gasteiger partial charge is 0.0753 e. The second-order valence-electron chi connectivity index (χ2n) is 1.43. The fourth-order valence-electron chi connectivity index (χ4n) is 0.118. The highest BCUT2D eigenvalue weighted by Crippen LogP contribution is 1.66. The van der Waals surface area contributed by atoms with Crippen molar-refractivity contribution in [3.05, 3.63) is 0 Å². The molecule has 0 aliphatic heterocycles. The Hall–Kier alpha value is 0.137. The van der Waals surface area contributed by atoms with Gasteiger partial charge in [0.15, 0.2) is 0 Å². The van der Waals surface area contributed by atoms with E-state index < -0.39 is 0 Å². The van der Waals surface area contributed by atoms with Gasteiger partial charge in [0.2, 0.25) is 0 Å². The van der Waals surface area contributed by atoms with Crippen molar-refractivity contribution in [3.8, 4) is 0 Å². The van der Waals surface area contributed by atoms with Crippen molar-refractivity contribution in [2.45, 2.75) is 13.0 Å². The maximum absolute atomic E-state index is 5.24. The summed E-state index contributed by atoms with van der Waals surface area (Å²) in [6.07, 6.45) is 0. The van der Waals surface area contributed by atoms with Crippen molar-refractivity contribution in [2.75, 3.05) is 6.54 Å². The standard InChI is InChI=1S/C3H12N2Si/c1-3(2-4)5-6/h3,5H,2,4H2,1,6H3. The molecule has 0 aromatic rings. The molecule has 0 aliphatic rings. The summed E-state index contributed by atoms with van der Waals surface area (Å²) < 4.78 is 0. The zero-order valence-corrected chi connectivity index (χ0v) is 6.36. The summed E-state index contributed by atoms with van der Waals surface area (Å²) in [5, 5.41) is 0. The van der Waals surface area contributed by atoms with Crippen molar-refractivity contribution in [3.63, 3.8) is 0 Å². The minimum Gasteiger partial charge on any atom is -0.342 e. The molecule has 3 N–H and O–H groups in total. The van der Waals surface area contributed by atoms with Gasteiger partial charge in [0.05, 0.1) is 10.4 Å². The van der Waals surface area contributed by atoms with Gasteiger partial charge in [-0.3, -0.25) is 0 Å². The summed E-state index contributed by atoms with van der Waals surface area (Å²) in [7, 11) is 1.05. The molecule has 0 fully saturated rings. The van der Waals surface area contributed by atoms with E-state index in [1.165, 1.54) is 0 Å². The van der Waals surface area contributed by atoms with Crippen LogP contribution in [0.3, 0.4) is 0 Å². The Morgan fingerprint density at radius 2 is 2.50 bits per heavy atom. The lowest BCUT2D eigenvalue weighted by atomic mass is 10.4. The lowest BCUT2D eigenvalue weighted by Gasteiger charge is -2.02. The Labute approximate surface area is 41.6 Å². The maximum Gasteiger partial charge on any atom is 0.0753 e. The van der Waals surface area contributed by atoms with Gasteiger partial charge in [0.1, 0.15) is 0 Å². The monoisotopic (exact) mass is 104 g/mol. The fourth-order valence-corrected chi connectivity index (χ4v) is 0.354. The van der Waals surface area contributed by atoms with E-state index in [2.05, 4.69) is 11.9 Å². The van der Waals surface area contributed by atoms with Crippen LogP contribution in [-0.4, -0.2) is 23.0 Å². The second-order valence-corrected chi connectivity index (χ2v) is 2.00. The molecule has 0 saturated carbocycles. The Balaban J connectivity index is 2.75. The van der Waals surface area contributed by atoms with E-state index in [0.29, 0.717) is 6.04 Å². The molecule has 0 aromatic carbocycles. The number of rotatable bonds is 2. The minimum atomic E-state index is 0.525. The summed E-state index contributed by atoms with van der Waals surface area (Å²) in [6, 6.07) is 0.525. The first-order valence-electron chi connectivity index (χ1n) is 2.18. The lowest BCUT2D eigenvalue weighted by Crippen LogP contribution is -2.30. The van der Waals surface area contributed by atoms with Gasteiger partial charge in [-0.2, -0.15) is 0 Å². The SMILES string of the molecule is CC(CN)N[SiH3]. The summed E-state index contributed by atoms with van der Waals surface area (Å²) in [6.45, 7) is 2.83. The molecule has 2 nitrogen and oxygen atoms in total. The number of hydrogen-bond acceptors (Lipinski definition) is 2. The second kappa shape index (κ2) is 3.33. The van der Waals surface area contributed by atoms with Crippen LogP contribution in [0.25, 0.3) is 0 Å². The molecule has 0 rings (SSSR count). The number of nitrogens with one attached hydrogen (secondary N) is 1. The van der Waals surface area contributed by atoms with E-state index >= 15 is 0 Å². The average Bonchev–Trinajstić information content (AvgIpc) is 1.65. The van der Waals surface area contributed by atoms with Crippen LogP contribution in [0.1, 0.15) is 6.92 Å². The molecule has 0 heterocycles. The maximum atomic E-state index is 5.24. The predicted molar refractivity (Wildman–Crippen MR) is 31.6 cm³/mol. The van der Waals surface area contributed by atoms with Crippen molar-refractivity contribution in [1.29, 1.82) is 0 Å². The van der Waals surface area contributed by atoms with E-state index in [-0.39, 0.29) is 0 Å². The van der Waals surface area contributed by atoms with Crippen molar-refractivity contribution in [2.24, 2.45) is 5.73 Å². The molecule has 1 atom stereocenters. The highest BCUT2D eigenvalue weighted by molar-refractivity contribution is 6.04. The van der Waals surface area contributed by atoms with Crippen LogP contribution in [-0.2, 0) is 0 Å². The highest BCUT2D eigenvalue weighted by Gasteiger charge is 1.86. The first kappa shape index (κ1) is 6.14. The third-order valence-electron chi connectivity index (χ3n) is 0.846. The quantitative estimate of drug-likeness (QED) is 0.406. The summed E-state index contributed by atoms with van der Waals surface area (Å²) in [5.41, 5.74) is 5.24. The van der Waals surface area contributed by atoms with Crippen molar-refractivity contribution >= 4 is 10.4 Å². The summed E-state index contributed by atoms with van der Waals surface area (Å²) in [4.78, 5) is 3.13. The molecule has 0 spiro atoms. The molecule has 6 heavy (non-hydrogen) atoms. The van der Waals surface area contributed by atoms with Crippen LogP contribution in [0.5, 0.6) is 0 Å². The van der Waals surface area contributed by atoms with E-state index in [0.717, 1.165) is 16.9 Å². The Morgan fingerprint density at radius 3 is 2.50 bits per heavy atom. The van der Waals surface area contributed by atoms with E-state index in [4.69, 9.17) is 5.73 Å². The molecule has 0 aliphatic carbocycles. The molecule has 0 amide bonds. The van der Waals surface area contributed by atoms with Gasteiger partial charge in [-0.1, -0.05) is 0 Å². The largest absolute Gasteiger partial charge is 0.342 e. The van der Waals surface area contributed by atoms with Gasteiger partial charge in [-0.05, 0) is 6.92 Å². The normalized spacial score (nSPS) is 15.0. The van der Waals surface area contributed by atoms with E-state index in [1.54, 1.807) is 0 Å². The van der Waals surface area contributed by atoms with E-state index in [9.17, 15) is 0 Å². The molecule has 0 radical (unpaired) electrons. The number of nitrogens with two attached hydrogens (primary N) is 1. The average molecular weight is 104 g/mol. The first-order valence-corrected chi connectivity index (χ1v) is 3.18. The zero-order valence-electron chi connectivity index (χ0n) is 4.36. The topological polar surface area (TPSA) is 38.0 Å². The summed E-state index contributed by atoms with van der Waals surface area (Å²) >= 11 is 0. The zero-order chi connectivity index (χ0) is 4.99. The van der Waals surface area contributed by atoms with Crippen LogP contribution in [0.2, 0.25) is 0 Å². The molecule has 0 bridgehead atoms. The Kier molecular flexibility index (Phi) is 3.41. The third-order valence-corrected chi connectivity index (χ3v) is 1.83. The third kappa shape index (κ3) is 2.38. The highest BCUT2D eigenvalue weighted by atomic mass is 28.2. The van der Waals surface area contributed by atoms with Crippen LogP contribution >= 0.6 is 0 Å². The van der Waals surface area contributed by atoms with Crippen LogP contribution in [0.4, 0.5) is 0 Å². The van der Waals surface area contributed by atoms with Gasteiger partial charge in [0, 0.05) is 12.6 Å². The van der Waals surface area contributed by atoms with Crippen LogP contribution in [0, 0.1) is 0 Å². The molecular formula is C3H12N2Si.